The van der Waals surface area contributed by atoms with E-state index in [0.717, 1.165) is 17.8 Å². The van der Waals surface area contributed by atoms with Gasteiger partial charge in [-0.15, -0.1) is 0 Å². The summed E-state index contributed by atoms with van der Waals surface area (Å²) < 4.78 is 19.4. The van der Waals surface area contributed by atoms with Gasteiger partial charge in [0.25, 0.3) is 0 Å². The minimum Gasteiger partial charge on any atom is -0.366 e. The van der Waals surface area contributed by atoms with Crippen molar-refractivity contribution in [3.05, 3.63) is 42.0 Å². The van der Waals surface area contributed by atoms with Crippen LogP contribution in [0.1, 0.15) is 24.7 Å². The minimum absolute atomic E-state index is 0.242. The average Bonchev–Trinajstić information content (AvgIpc) is 3.10. The van der Waals surface area contributed by atoms with Crippen molar-refractivity contribution in [2.75, 3.05) is 24.6 Å². The van der Waals surface area contributed by atoms with E-state index in [4.69, 9.17) is 4.74 Å². The number of anilines is 1. The zero-order valence-electron chi connectivity index (χ0n) is 13.2. The van der Waals surface area contributed by atoms with E-state index in [2.05, 4.69) is 30.0 Å². The van der Waals surface area contributed by atoms with Crippen LogP contribution in [0.5, 0.6) is 0 Å². The Kier molecular flexibility index (Phi) is 3.81. The van der Waals surface area contributed by atoms with Crippen molar-refractivity contribution in [2.45, 2.75) is 19.4 Å². The van der Waals surface area contributed by atoms with E-state index in [0.29, 0.717) is 36.7 Å². The highest BCUT2D eigenvalue weighted by atomic mass is 19.1. The van der Waals surface area contributed by atoms with Crippen LogP contribution in [-0.2, 0) is 11.2 Å². The summed E-state index contributed by atoms with van der Waals surface area (Å²) in [5.74, 6) is 1.88. The highest BCUT2D eigenvalue weighted by Gasteiger charge is 2.27. The Morgan fingerprint density at radius 2 is 2.29 bits per heavy atom. The van der Waals surface area contributed by atoms with Gasteiger partial charge in [-0.2, -0.15) is 5.10 Å². The summed E-state index contributed by atoms with van der Waals surface area (Å²) in [7, 11) is 0. The van der Waals surface area contributed by atoms with Gasteiger partial charge in [0.15, 0.2) is 5.82 Å². The molecule has 0 bridgehead atoms. The van der Waals surface area contributed by atoms with Gasteiger partial charge in [0.1, 0.15) is 29.9 Å². The van der Waals surface area contributed by atoms with Crippen LogP contribution in [0.4, 0.5) is 10.2 Å². The molecule has 4 rings (SSSR count). The molecule has 0 aliphatic carbocycles. The SMILES string of the molecule is CCc1nc(C2CN(c3ncnc4ccc(F)cc34)CCO2)n[nH]1. The fourth-order valence-electron chi connectivity index (χ4n) is 2.88. The quantitative estimate of drug-likeness (QED) is 0.792. The highest BCUT2D eigenvalue weighted by molar-refractivity contribution is 5.89. The third-order valence-electron chi connectivity index (χ3n) is 4.11. The summed E-state index contributed by atoms with van der Waals surface area (Å²) in [5.41, 5.74) is 0.718. The van der Waals surface area contributed by atoms with Crippen LogP contribution in [0.3, 0.4) is 0 Å². The van der Waals surface area contributed by atoms with Crippen molar-refractivity contribution >= 4 is 16.7 Å². The van der Waals surface area contributed by atoms with Crippen LogP contribution in [-0.4, -0.2) is 44.8 Å². The van der Waals surface area contributed by atoms with Crippen molar-refractivity contribution in [1.82, 2.24) is 25.1 Å². The molecule has 0 saturated carbocycles. The lowest BCUT2D eigenvalue weighted by molar-refractivity contribution is 0.0340. The molecule has 2 aromatic heterocycles. The molecule has 1 aromatic carbocycles. The number of aryl methyl sites for hydroxylation is 1. The number of fused-ring (bicyclic) bond motifs is 1. The number of aromatic nitrogens is 5. The van der Waals surface area contributed by atoms with Gasteiger partial charge in [0, 0.05) is 18.4 Å². The van der Waals surface area contributed by atoms with Gasteiger partial charge in [-0.05, 0) is 18.2 Å². The molecule has 0 radical (unpaired) electrons. The first-order valence-electron chi connectivity index (χ1n) is 7.92. The summed E-state index contributed by atoms with van der Waals surface area (Å²) in [5, 5.41) is 7.84. The number of hydrogen-bond donors (Lipinski definition) is 1. The number of nitrogens with one attached hydrogen (secondary N) is 1. The summed E-state index contributed by atoms with van der Waals surface area (Å²) in [4.78, 5) is 15.1. The molecule has 3 heterocycles. The standard InChI is InChI=1S/C16H17FN6O/c1-2-14-20-15(22-21-14)13-8-23(5-6-24-13)16-11-7-10(17)3-4-12(11)18-9-19-16/h3-4,7,9,13H,2,5-6,8H2,1H3,(H,20,21,22). The lowest BCUT2D eigenvalue weighted by Crippen LogP contribution is -2.39. The molecule has 3 aromatic rings. The summed E-state index contributed by atoms with van der Waals surface area (Å²) in [6, 6.07) is 4.54. The van der Waals surface area contributed by atoms with Crippen molar-refractivity contribution in [2.24, 2.45) is 0 Å². The minimum atomic E-state index is -0.301. The van der Waals surface area contributed by atoms with E-state index in [1.165, 1.54) is 18.5 Å². The maximum Gasteiger partial charge on any atom is 0.181 e. The van der Waals surface area contributed by atoms with Crippen LogP contribution < -0.4 is 4.90 Å². The topological polar surface area (TPSA) is 79.8 Å². The van der Waals surface area contributed by atoms with E-state index in [9.17, 15) is 4.39 Å². The Bertz CT molecular complexity index is 867. The molecule has 0 amide bonds. The van der Waals surface area contributed by atoms with E-state index in [-0.39, 0.29) is 11.9 Å². The smallest absolute Gasteiger partial charge is 0.181 e. The van der Waals surface area contributed by atoms with Gasteiger partial charge < -0.3 is 9.64 Å². The molecular weight excluding hydrogens is 311 g/mol. The Labute approximate surface area is 137 Å². The van der Waals surface area contributed by atoms with Gasteiger partial charge in [0.05, 0.1) is 18.7 Å². The second-order valence-electron chi connectivity index (χ2n) is 5.66. The molecule has 8 heteroatoms. The number of aromatic amines is 1. The third kappa shape index (κ3) is 2.69. The normalized spacial score (nSPS) is 18.2. The number of H-pyrrole nitrogens is 1. The number of ether oxygens (including phenoxy) is 1. The Morgan fingerprint density at radius 3 is 3.12 bits per heavy atom. The lowest BCUT2D eigenvalue weighted by atomic mass is 10.2. The summed E-state index contributed by atoms with van der Waals surface area (Å²) in [6.07, 6.45) is 2.05. The zero-order chi connectivity index (χ0) is 16.5. The molecule has 1 saturated heterocycles. The van der Waals surface area contributed by atoms with Crippen molar-refractivity contribution < 1.29 is 9.13 Å². The first kappa shape index (κ1) is 14.9. The van der Waals surface area contributed by atoms with E-state index >= 15 is 0 Å². The lowest BCUT2D eigenvalue weighted by Gasteiger charge is -2.32. The van der Waals surface area contributed by atoms with E-state index in [1.54, 1.807) is 6.07 Å². The number of rotatable bonds is 3. The van der Waals surface area contributed by atoms with Gasteiger partial charge in [-0.3, -0.25) is 5.10 Å². The Balaban J connectivity index is 1.65. The molecule has 1 atom stereocenters. The monoisotopic (exact) mass is 328 g/mol. The maximum absolute atomic E-state index is 13.6. The second kappa shape index (κ2) is 6.12. The fourth-order valence-corrected chi connectivity index (χ4v) is 2.88. The number of nitrogens with zero attached hydrogens (tertiary/aromatic N) is 5. The number of hydrogen-bond acceptors (Lipinski definition) is 6. The number of benzene rings is 1. The molecule has 1 N–H and O–H groups in total. The second-order valence-corrected chi connectivity index (χ2v) is 5.66. The van der Waals surface area contributed by atoms with Crippen LogP contribution in [0.15, 0.2) is 24.5 Å². The number of halogens is 1. The molecule has 24 heavy (non-hydrogen) atoms. The predicted octanol–water partition coefficient (Wildman–Crippen LogP) is 2.03. The van der Waals surface area contributed by atoms with Crippen molar-refractivity contribution in [3.8, 4) is 0 Å². The molecule has 1 fully saturated rings. The van der Waals surface area contributed by atoms with Gasteiger partial charge in [-0.1, -0.05) is 6.92 Å². The van der Waals surface area contributed by atoms with Crippen LogP contribution in [0.25, 0.3) is 10.9 Å². The summed E-state index contributed by atoms with van der Waals surface area (Å²) >= 11 is 0. The van der Waals surface area contributed by atoms with Crippen LogP contribution in [0, 0.1) is 5.82 Å². The Morgan fingerprint density at radius 1 is 1.38 bits per heavy atom. The molecular formula is C16H17FN6O. The molecule has 1 aliphatic rings. The molecule has 1 unspecified atom stereocenters. The zero-order valence-corrected chi connectivity index (χ0v) is 13.2. The van der Waals surface area contributed by atoms with Crippen LogP contribution >= 0.6 is 0 Å². The summed E-state index contributed by atoms with van der Waals surface area (Å²) in [6.45, 7) is 3.77. The largest absolute Gasteiger partial charge is 0.366 e. The van der Waals surface area contributed by atoms with E-state index < -0.39 is 0 Å². The molecule has 7 nitrogen and oxygen atoms in total. The van der Waals surface area contributed by atoms with E-state index in [1.807, 2.05) is 6.92 Å². The fraction of sp³-hybridized carbons (Fsp3) is 0.375. The van der Waals surface area contributed by atoms with Gasteiger partial charge in [-0.25, -0.2) is 19.3 Å². The molecule has 0 spiro atoms. The van der Waals surface area contributed by atoms with Gasteiger partial charge in [0.2, 0.25) is 0 Å². The van der Waals surface area contributed by atoms with Crippen molar-refractivity contribution in [1.29, 1.82) is 0 Å². The molecule has 124 valence electrons. The first-order chi connectivity index (χ1) is 11.7. The predicted molar refractivity (Wildman–Crippen MR) is 86.2 cm³/mol. The van der Waals surface area contributed by atoms with Gasteiger partial charge >= 0.3 is 0 Å². The van der Waals surface area contributed by atoms with Crippen molar-refractivity contribution in [3.63, 3.8) is 0 Å². The third-order valence-corrected chi connectivity index (χ3v) is 4.11. The molecule has 1 aliphatic heterocycles. The average molecular weight is 328 g/mol. The first-order valence-corrected chi connectivity index (χ1v) is 7.92. The van der Waals surface area contributed by atoms with Crippen LogP contribution in [0.2, 0.25) is 0 Å². The highest BCUT2D eigenvalue weighted by Crippen LogP contribution is 2.28. The maximum atomic E-state index is 13.6. The Hall–Kier alpha value is -2.61. The number of morpholine rings is 1.